The number of carbonyl (C=O) groups excluding carboxylic acids is 2. The second-order valence-electron chi connectivity index (χ2n) is 5.72. The van der Waals surface area contributed by atoms with Gasteiger partial charge in [-0.25, -0.2) is 4.98 Å². The minimum atomic E-state index is 0.0116. The summed E-state index contributed by atoms with van der Waals surface area (Å²) in [4.78, 5) is 30.8. The minimum absolute atomic E-state index is 0.0116. The van der Waals surface area contributed by atoms with Crippen molar-refractivity contribution >= 4 is 23.0 Å². The number of Topliss-reactive ketones (excluding diaryl/α,β-unsaturated/α-hetero) is 1. The third-order valence-corrected chi connectivity index (χ3v) is 5.23. The second kappa shape index (κ2) is 6.04. The molecule has 0 saturated carbocycles. The van der Waals surface area contributed by atoms with Crippen LogP contribution in [0.5, 0.6) is 0 Å². The maximum Gasteiger partial charge on any atom is 0.254 e. The maximum absolute atomic E-state index is 12.5. The predicted octanol–water partition coefficient (Wildman–Crippen LogP) is 2.70. The number of imidazole rings is 1. The van der Waals surface area contributed by atoms with Crippen molar-refractivity contribution in [1.29, 1.82) is 0 Å². The predicted molar refractivity (Wildman–Crippen MR) is 85.4 cm³/mol. The number of likely N-dealkylation sites (tertiary alicyclic amines) is 1. The molecule has 0 N–H and O–H groups in total. The molecule has 0 unspecified atom stereocenters. The molecule has 0 spiro atoms. The molecule has 0 atom stereocenters. The Kier molecular flexibility index (Phi) is 4.11. The largest absolute Gasteiger partial charge is 0.339 e. The molecule has 3 rings (SSSR count). The zero-order valence-electron chi connectivity index (χ0n) is 12.8. The highest BCUT2D eigenvalue weighted by Gasteiger charge is 2.27. The van der Waals surface area contributed by atoms with Crippen molar-refractivity contribution in [2.45, 2.75) is 25.7 Å². The minimum Gasteiger partial charge on any atom is -0.339 e. The van der Waals surface area contributed by atoms with Crippen LogP contribution in [0.15, 0.2) is 23.8 Å². The number of ketones is 1. The molecule has 0 aromatic carbocycles. The molecule has 2 aromatic rings. The summed E-state index contributed by atoms with van der Waals surface area (Å²) >= 11 is 1.34. The number of piperidine rings is 1. The topological polar surface area (TPSA) is 55.2 Å². The summed E-state index contributed by atoms with van der Waals surface area (Å²) in [6.45, 7) is 3.00. The summed E-state index contributed by atoms with van der Waals surface area (Å²) in [6.07, 6.45) is 5.64. The number of nitrogens with zero attached hydrogens (tertiary/aromatic N) is 3. The Balaban J connectivity index is 1.64. The van der Waals surface area contributed by atoms with Gasteiger partial charge in [0.05, 0.1) is 10.4 Å². The molecule has 1 amide bonds. The summed E-state index contributed by atoms with van der Waals surface area (Å²) in [5, 5.41) is 1.78. The lowest BCUT2D eigenvalue weighted by Gasteiger charge is -2.31. The lowest BCUT2D eigenvalue weighted by molar-refractivity contribution is 0.0711. The number of amides is 1. The Labute approximate surface area is 133 Å². The Morgan fingerprint density at radius 2 is 2.05 bits per heavy atom. The van der Waals surface area contributed by atoms with Gasteiger partial charge in [-0.15, -0.1) is 11.3 Å². The third-order valence-electron chi connectivity index (χ3n) is 4.20. The first kappa shape index (κ1) is 15.0. The SMILES string of the molecule is CC(=O)c1cc(C(=O)N2CCC(c3nccn3C)CC2)cs1. The number of hydrogen-bond donors (Lipinski definition) is 0. The summed E-state index contributed by atoms with van der Waals surface area (Å²) in [7, 11) is 2.01. The highest BCUT2D eigenvalue weighted by atomic mass is 32.1. The maximum atomic E-state index is 12.5. The molecule has 1 saturated heterocycles. The molecule has 1 aliphatic heterocycles. The van der Waals surface area contributed by atoms with Crippen LogP contribution >= 0.6 is 11.3 Å². The molecule has 22 heavy (non-hydrogen) atoms. The van der Waals surface area contributed by atoms with E-state index in [-0.39, 0.29) is 11.7 Å². The Hall–Kier alpha value is -1.95. The van der Waals surface area contributed by atoms with Gasteiger partial charge in [-0.3, -0.25) is 9.59 Å². The molecule has 0 bridgehead atoms. The normalized spacial score (nSPS) is 16.0. The first-order chi connectivity index (χ1) is 10.6. The van der Waals surface area contributed by atoms with Crippen LogP contribution in [0.3, 0.4) is 0 Å². The first-order valence-electron chi connectivity index (χ1n) is 7.42. The van der Waals surface area contributed by atoms with E-state index in [4.69, 9.17) is 0 Å². The van der Waals surface area contributed by atoms with Crippen molar-refractivity contribution in [1.82, 2.24) is 14.5 Å². The lowest BCUT2D eigenvalue weighted by Crippen LogP contribution is -2.38. The number of aryl methyl sites for hydroxylation is 1. The average molecular weight is 317 g/mol. The average Bonchev–Trinajstić information content (AvgIpc) is 3.15. The van der Waals surface area contributed by atoms with Crippen molar-refractivity contribution in [3.8, 4) is 0 Å². The van der Waals surface area contributed by atoms with Gasteiger partial charge in [-0.1, -0.05) is 0 Å². The van der Waals surface area contributed by atoms with Crippen LogP contribution in [0.25, 0.3) is 0 Å². The van der Waals surface area contributed by atoms with E-state index in [1.807, 2.05) is 24.3 Å². The van der Waals surface area contributed by atoms with Crippen LogP contribution in [-0.2, 0) is 7.05 Å². The van der Waals surface area contributed by atoms with Gasteiger partial charge in [0, 0.05) is 43.8 Å². The molecule has 2 aromatic heterocycles. The van der Waals surface area contributed by atoms with Gasteiger partial charge in [0.2, 0.25) is 0 Å². The summed E-state index contributed by atoms with van der Waals surface area (Å²) < 4.78 is 2.06. The smallest absolute Gasteiger partial charge is 0.254 e. The van der Waals surface area contributed by atoms with Crippen LogP contribution < -0.4 is 0 Å². The monoisotopic (exact) mass is 317 g/mol. The fourth-order valence-corrected chi connectivity index (χ4v) is 3.71. The van der Waals surface area contributed by atoms with Crippen LogP contribution in [0.1, 0.15) is 51.5 Å². The first-order valence-corrected chi connectivity index (χ1v) is 8.30. The molecular formula is C16H19N3O2S. The van der Waals surface area contributed by atoms with Gasteiger partial charge >= 0.3 is 0 Å². The van der Waals surface area contributed by atoms with E-state index in [9.17, 15) is 9.59 Å². The van der Waals surface area contributed by atoms with E-state index < -0.39 is 0 Å². The highest BCUT2D eigenvalue weighted by Crippen LogP contribution is 2.27. The number of aromatic nitrogens is 2. The van der Waals surface area contributed by atoms with Crippen molar-refractivity contribution in [2.24, 2.45) is 7.05 Å². The van der Waals surface area contributed by atoms with E-state index in [2.05, 4.69) is 9.55 Å². The molecular weight excluding hydrogens is 298 g/mol. The van der Waals surface area contributed by atoms with Gasteiger partial charge in [0.15, 0.2) is 5.78 Å². The van der Waals surface area contributed by atoms with Gasteiger partial charge < -0.3 is 9.47 Å². The van der Waals surface area contributed by atoms with Crippen LogP contribution in [0, 0.1) is 0 Å². The molecule has 0 aliphatic carbocycles. The summed E-state index contributed by atoms with van der Waals surface area (Å²) in [5.74, 6) is 1.56. The zero-order valence-corrected chi connectivity index (χ0v) is 13.6. The van der Waals surface area contributed by atoms with E-state index in [0.717, 1.165) is 31.8 Å². The Bertz CT molecular complexity index is 696. The third kappa shape index (κ3) is 2.83. The van der Waals surface area contributed by atoms with Crippen molar-refractivity contribution < 1.29 is 9.59 Å². The van der Waals surface area contributed by atoms with E-state index >= 15 is 0 Å². The van der Waals surface area contributed by atoms with E-state index in [1.165, 1.54) is 18.3 Å². The quantitative estimate of drug-likeness (QED) is 0.818. The van der Waals surface area contributed by atoms with E-state index in [1.54, 1.807) is 11.4 Å². The molecule has 3 heterocycles. The standard InChI is InChI=1S/C16H19N3O2S/c1-11(20)14-9-13(10-22-14)16(21)19-6-3-12(4-7-19)15-17-5-8-18(15)2/h5,8-10,12H,3-4,6-7H2,1-2H3. The van der Waals surface area contributed by atoms with Gasteiger partial charge in [0.25, 0.3) is 5.91 Å². The van der Waals surface area contributed by atoms with Gasteiger partial charge in [-0.2, -0.15) is 0 Å². The molecule has 5 nitrogen and oxygen atoms in total. The Morgan fingerprint density at radius 1 is 1.32 bits per heavy atom. The molecule has 1 fully saturated rings. The molecule has 6 heteroatoms. The van der Waals surface area contributed by atoms with Crippen molar-refractivity contribution in [2.75, 3.05) is 13.1 Å². The number of rotatable bonds is 3. The highest BCUT2D eigenvalue weighted by molar-refractivity contribution is 7.12. The second-order valence-corrected chi connectivity index (χ2v) is 6.63. The van der Waals surface area contributed by atoms with Crippen LogP contribution in [0.2, 0.25) is 0 Å². The molecule has 116 valence electrons. The summed E-state index contributed by atoms with van der Waals surface area (Å²) in [6, 6.07) is 1.71. The van der Waals surface area contributed by atoms with Gasteiger partial charge in [-0.05, 0) is 25.8 Å². The number of hydrogen-bond acceptors (Lipinski definition) is 4. The number of carbonyl (C=O) groups is 2. The molecule has 0 radical (unpaired) electrons. The fraction of sp³-hybridized carbons (Fsp3) is 0.438. The van der Waals surface area contributed by atoms with Crippen LogP contribution in [0.4, 0.5) is 0 Å². The van der Waals surface area contributed by atoms with Crippen molar-refractivity contribution in [3.63, 3.8) is 0 Å². The van der Waals surface area contributed by atoms with Crippen LogP contribution in [-0.4, -0.2) is 39.2 Å². The molecule has 1 aliphatic rings. The lowest BCUT2D eigenvalue weighted by atomic mass is 9.95. The van der Waals surface area contributed by atoms with E-state index in [0.29, 0.717) is 16.4 Å². The summed E-state index contributed by atoms with van der Waals surface area (Å²) in [5.41, 5.74) is 0.630. The van der Waals surface area contributed by atoms with Crippen molar-refractivity contribution in [3.05, 3.63) is 40.1 Å². The number of thiophene rings is 1. The Morgan fingerprint density at radius 3 is 2.59 bits per heavy atom. The zero-order chi connectivity index (χ0) is 15.7. The fourth-order valence-electron chi connectivity index (χ4n) is 2.93. The van der Waals surface area contributed by atoms with Gasteiger partial charge in [0.1, 0.15) is 5.82 Å².